The molecule has 1 rings (SSSR count). The van der Waals surface area contributed by atoms with Crippen LogP contribution in [0.25, 0.3) is 0 Å². The van der Waals surface area contributed by atoms with Crippen molar-refractivity contribution < 1.29 is 27.2 Å². The van der Waals surface area contributed by atoms with E-state index in [-0.39, 0.29) is 0 Å². The predicted molar refractivity (Wildman–Crippen MR) is 43.3 cm³/mol. The van der Waals surface area contributed by atoms with Crippen LogP contribution < -0.4 is 11.5 Å². The third-order valence-electron chi connectivity index (χ3n) is 1.76. The van der Waals surface area contributed by atoms with Crippen molar-refractivity contribution in [2.75, 3.05) is 0 Å². The monoisotopic (exact) mass is 236 g/mol. The summed E-state index contributed by atoms with van der Waals surface area (Å²) in [6, 6.07) is 0. The topological polar surface area (TPSA) is 86.2 Å². The standard InChI is InChI=1S/C8H4F4N2O2/c9-3-1(7(13)15)4(10)6(12)2(5(3)11)8(14)16/h(H2,13,15)(H2,14,16). The molecule has 0 heterocycles. The maximum absolute atomic E-state index is 13.0. The molecule has 0 saturated heterocycles. The molecule has 0 saturated carbocycles. The molecule has 0 aliphatic rings. The number of nitrogens with two attached hydrogens (primary N) is 2. The number of amides is 2. The minimum absolute atomic E-state index is 1.60. The number of primary amides is 2. The molecule has 0 aromatic heterocycles. The van der Waals surface area contributed by atoms with Crippen LogP contribution in [0.3, 0.4) is 0 Å². The van der Waals surface area contributed by atoms with E-state index < -0.39 is 46.2 Å². The molecular formula is C8H4F4N2O2. The van der Waals surface area contributed by atoms with E-state index in [1.54, 1.807) is 0 Å². The first-order valence-corrected chi connectivity index (χ1v) is 3.74. The van der Waals surface area contributed by atoms with Crippen molar-refractivity contribution in [1.82, 2.24) is 0 Å². The van der Waals surface area contributed by atoms with E-state index >= 15 is 0 Å². The minimum Gasteiger partial charge on any atom is -0.365 e. The molecule has 8 heteroatoms. The first-order valence-electron chi connectivity index (χ1n) is 3.74. The highest BCUT2D eigenvalue weighted by Gasteiger charge is 2.30. The molecule has 4 nitrogen and oxygen atoms in total. The average Bonchev–Trinajstić information content (AvgIpc) is 2.14. The second-order valence-corrected chi connectivity index (χ2v) is 2.73. The first-order chi connectivity index (χ1) is 7.29. The lowest BCUT2D eigenvalue weighted by molar-refractivity contribution is 0.0970. The molecule has 16 heavy (non-hydrogen) atoms. The van der Waals surface area contributed by atoms with Gasteiger partial charge in [-0.25, -0.2) is 17.6 Å². The zero-order valence-electron chi connectivity index (χ0n) is 7.48. The van der Waals surface area contributed by atoms with Gasteiger partial charge in [0.2, 0.25) is 0 Å². The van der Waals surface area contributed by atoms with Crippen molar-refractivity contribution in [3.05, 3.63) is 34.4 Å². The summed E-state index contributed by atoms with van der Waals surface area (Å²) in [5, 5.41) is 0. The smallest absolute Gasteiger partial charge is 0.254 e. The van der Waals surface area contributed by atoms with Crippen molar-refractivity contribution in [3.63, 3.8) is 0 Å². The van der Waals surface area contributed by atoms with Crippen molar-refractivity contribution in [2.45, 2.75) is 0 Å². The zero-order valence-corrected chi connectivity index (χ0v) is 7.48. The summed E-state index contributed by atoms with van der Waals surface area (Å²) in [6.45, 7) is 0. The molecule has 0 aliphatic heterocycles. The van der Waals surface area contributed by atoms with E-state index in [1.807, 2.05) is 0 Å². The quantitative estimate of drug-likeness (QED) is 0.576. The lowest BCUT2D eigenvalue weighted by Crippen LogP contribution is -2.23. The number of carbonyl (C=O) groups is 2. The Morgan fingerprint density at radius 3 is 1.00 bits per heavy atom. The largest absolute Gasteiger partial charge is 0.365 e. The van der Waals surface area contributed by atoms with Crippen LogP contribution in [0.15, 0.2) is 0 Å². The average molecular weight is 236 g/mol. The highest BCUT2D eigenvalue weighted by molar-refractivity contribution is 5.97. The zero-order chi connectivity index (χ0) is 12.6. The minimum atomic E-state index is -2.06. The van der Waals surface area contributed by atoms with Crippen molar-refractivity contribution in [1.29, 1.82) is 0 Å². The Morgan fingerprint density at radius 2 is 0.875 bits per heavy atom. The third-order valence-corrected chi connectivity index (χ3v) is 1.76. The lowest BCUT2D eigenvalue weighted by atomic mass is 10.1. The van der Waals surface area contributed by atoms with Gasteiger partial charge in [-0.3, -0.25) is 9.59 Å². The van der Waals surface area contributed by atoms with E-state index in [9.17, 15) is 27.2 Å². The van der Waals surface area contributed by atoms with Crippen LogP contribution in [0.2, 0.25) is 0 Å². The van der Waals surface area contributed by atoms with Gasteiger partial charge >= 0.3 is 0 Å². The summed E-state index contributed by atoms with van der Waals surface area (Å²) in [4.78, 5) is 21.0. The Kier molecular flexibility index (Phi) is 2.84. The van der Waals surface area contributed by atoms with Crippen molar-refractivity contribution in [2.24, 2.45) is 11.5 Å². The van der Waals surface area contributed by atoms with Crippen LogP contribution >= 0.6 is 0 Å². The van der Waals surface area contributed by atoms with Gasteiger partial charge < -0.3 is 11.5 Å². The van der Waals surface area contributed by atoms with E-state index in [2.05, 4.69) is 11.5 Å². The fourth-order valence-corrected chi connectivity index (χ4v) is 1.06. The Hall–Kier alpha value is -2.12. The summed E-state index contributed by atoms with van der Waals surface area (Å²) in [5.41, 5.74) is 5.83. The highest BCUT2D eigenvalue weighted by Crippen LogP contribution is 2.23. The van der Waals surface area contributed by atoms with Gasteiger partial charge in [0.15, 0.2) is 23.3 Å². The molecule has 0 aliphatic carbocycles. The molecule has 0 atom stereocenters. The number of hydrogen-bond acceptors (Lipinski definition) is 2. The van der Waals surface area contributed by atoms with Crippen LogP contribution in [0.5, 0.6) is 0 Å². The van der Waals surface area contributed by atoms with Crippen LogP contribution in [0.4, 0.5) is 17.6 Å². The van der Waals surface area contributed by atoms with E-state index in [0.717, 1.165) is 0 Å². The number of rotatable bonds is 2. The molecule has 0 unspecified atom stereocenters. The van der Waals surface area contributed by atoms with Gasteiger partial charge in [-0.1, -0.05) is 0 Å². The maximum atomic E-state index is 13.0. The summed E-state index contributed by atoms with van der Waals surface area (Å²) >= 11 is 0. The SMILES string of the molecule is NC(=O)c1c(F)c(F)c(C(N)=O)c(F)c1F. The van der Waals surface area contributed by atoms with Gasteiger partial charge in [0.05, 0.1) is 0 Å². The number of carbonyl (C=O) groups excluding carboxylic acids is 2. The van der Waals surface area contributed by atoms with E-state index in [0.29, 0.717) is 0 Å². The summed E-state index contributed by atoms with van der Waals surface area (Å²) in [7, 11) is 0. The van der Waals surface area contributed by atoms with E-state index in [1.165, 1.54) is 0 Å². The lowest BCUT2D eigenvalue weighted by Gasteiger charge is -2.07. The van der Waals surface area contributed by atoms with Gasteiger partial charge in [-0.05, 0) is 0 Å². The molecule has 0 spiro atoms. The van der Waals surface area contributed by atoms with Gasteiger partial charge in [0.25, 0.3) is 11.8 Å². The Morgan fingerprint density at radius 1 is 0.688 bits per heavy atom. The Bertz CT molecular complexity index is 427. The first kappa shape index (κ1) is 12.0. The van der Waals surface area contributed by atoms with Gasteiger partial charge in [0, 0.05) is 0 Å². The molecule has 2 amide bonds. The van der Waals surface area contributed by atoms with E-state index in [4.69, 9.17) is 0 Å². The van der Waals surface area contributed by atoms with Crippen LogP contribution in [0.1, 0.15) is 20.7 Å². The fourth-order valence-electron chi connectivity index (χ4n) is 1.06. The fraction of sp³-hybridized carbons (Fsp3) is 0. The third kappa shape index (κ3) is 1.58. The van der Waals surface area contributed by atoms with Gasteiger partial charge in [-0.2, -0.15) is 0 Å². The normalized spacial score (nSPS) is 10.2. The number of hydrogen-bond donors (Lipinski definition) is 2. The summed E-state index contributed by atoms with van der Waals surface area (Å²) < 4.78 is 52.1. The molecule has 0 radical (unpaired) electrons. The van der Waals surface area contributed by atoms with Crippen LogP contribution in [-0.4, -0.2) is 11.8 Å². The molecule has 0 fully saturated rings. The summed E-state index contributed by atoms with van der Waals surface area (Å²) in [5.74, 6) is -11.6. The summed E-state index contributed by atoms with van der Waals surface area (Å²) in [6.07, 6.45) is 0. The van der Waals surface area contributed by atoms with Crippen LogP contribution in [0, 0.1) is 23.3 Å². The molecule has 0 bridgehead atoms. The highest BCUT2D eigenvalue weighted by atomic mass is 19.2. The molecular weight excluding hydrogens is 232 g/mol. The Balaban J connectivity index is 3.77. The number of halogens is 4. The van der Waals surface area contributed by atoms with Crippen molar-refractivity contribution >= 4 is 11.8 Å². The maximum Gasteiger partial charge on any atom is 0.254 e. The van der Waals surface area contributed by atoms with Gasteiger partial charge in [-0.15, -0.1) is 0 Å². The Labute approximate surface area is 85.8 Å². The van der Waals surface area contributed by atoms with Gasteiger partial charge in [0.1, 0.15) is 11.1 Å². The van der Waals surface area contributed by atoms with Crippen LogP contribution in [-0.2, 0) is 0 Å². The molecule has 1 aromatic carbocycles. The second-order valence-electron chi connectivity index (χ2n) is 2.73. The second kappa shape index (κ2) is 3.80. The molecule has 4 N–H and O–H groups in total. The molecule has 1 aromatic rings. The number of benzene rings is 1. The predicted octanol–water partition coefficient (Wildman–Crippen LogP) is 0.441. The molecule has 86 valence electrons. The van der Waals surface area contributed by atoms with Crippen molar-refractivity contribution in [3.8, 4) is 0 Å².